The molecule has 0 unspecified atom stereocenters. The SMILES string of the molecule is COc1ccc(C)cc1NC(=O)CN(Cc1ccc(Cl)cc1)S(C)(=O)=O. The first kappa shape index (κ1) is 20.2. The number of nitrogens with zero attached hydrogens (tertiary/aromatic N) is 1. The molecule has 0 aromatic heterocycles. The third-order valence-electron chi connectivity index (χ3n) is 3.69. The zero-order valence-electron chi connectivity index (χ0n) is 14.8. The molecule has 6 nitrogen and oxygen atoms in total. The Morgan fingerprint density at radius 1 is 1.19 bits per heavy atom. The Kier molecular flexibility index (Phi) is 6.63. The van der Waals surface area contributed by atoms with Gasteiger partial charge < -0.3 is 10.1 Å². The molecule has 140 valence electrons. The van der Waals surface area contributed by atoms with Gasteiger partial charge in [0.25, 0.3) is 0 Å². The second-order valence-corrected chi connectivity index (χ2v) is 8.33. The van der Waals surface area contributed by atoms with E-state index in [0.717, 1.165) is 21.7 Å². The minimum Gasteiger partial charge on any atom is -0.495 e. The Balaban J connectivity index is 2.14. The second-order valence-electron chi connectivity index (χ2n) is 5.91. The Morgan fingerprint density at radius 3 is 2.42 bits per heavy atom. The maximum atomic E-state index is 12.4. The number of methoxy groups -OCH3 is 1. The molecular formula is C18H21ClN2O4S. The molecule has 0 spiro atoms. The third kappa shape index (κ3) is 5.72. The highest BCUT2D eigenvalue weighted by atomic mass is 35.5. The first-order valence-corrected chi connectivity index (χ1v) is 10.1. The minimum atomic E-state index is -3.58. The number of aryl methyl sites for hydroxylation is 1. The molecule has 0 aliphatic rings. The number of carbonyl (C=O) groups excluding carboxylic acids is 1. The van der Waals surface area contributed by atoms with E-state index in [-0.39, 0.29) is 13.1 Å². The van der Waals surface area contributed by atoms with Gasteiger partial charge in [0.15, 0.2) is 0 Å². The molecule has 0 saturated heterocycles. The van der Waals surface area contributed by atoms with Crippen LogP contribution in [0.15, 0.2) is 42.5 Å². The summed E-state index contributed by atoms with van der Waals surface area (Å²) in [6.07, 6.45) is 1.07. The number of sulfonamides is 1. The van der Waals surface area contributed by atoms with Crippen molar-refractivity contribution in [3.63, 3.8) is 0 Å². The lowest BCUT2D eigenvalue weighted by atomic mass is 10.2. The minimum absolute atomic E-state index is 0.0778. The molecule has 0 aliphatic heterocycles. The molecule has 0 atom stereocenters. The van der Waals surface area contributed by atoms with Gasteiger partial charge in [0.05, 0.1) is 25.6 Å². The number of hydrogen-bond donors (Lipinski definition) is 1. The normalized spacial score (nSPS) is 11.4. The number of benzene rings is 2. The summed E-state index contributed by atoms with van der Waals surface area (Å²) in [7, 11) is -2.07. The molecular weight excluding hydrogens is 376 g/mol. The van der Waals surface area contributed by atoms with Crippen LogP contribution < -0.4 is 10.1 Å². The van der Waals surface area contributed by atoms with Gasteiger partial charge in [-0.1, -0.05) is 29.8 Å². The van der Waals surface area contributed by atoms with Crippen LogP contribution in [0.1, 0.15) is 11.1 Å². The second kappa shape index (κ2) is 8.53. The lowest BCUT2D eigenvalue weighted by Crippen LogP contribution is -2.36. The van der Waals surface area contributed by atoms with Gasteiger partial charge in [-0.2, -0.15) is 4.31 Å². The van der Waals surface area contributed by atoms with Gasteiger partial charge in [-0.15, -0.1) is 0 Å². The van der Waals surface area contributed by atoms with Gasteiger partial charge in [0.2, 0.25) is 15.9 Å². The quantitative estimate of drug-likeness (QED) is 0.780. The lowest BCUT2D eigenvalue weighted by molar-refractivity contribution is -0.116. The predicted molar refractivity (Wildman–Crippen MR) is 103 cm³/mol. The van der Waals surface area contributed by atoms with Crippen molar-refractivity contribution < 1.29 is 17.9 Å². The van der Waals surface area contributed by atoms with Crippen molar-refractivity contribution in [1.29, 1.82) is 0 Å². The molecule has 8 heteroatoms. The van der Waals surface area contributed by atoms with Crippen molar-refractivity contribution in [1.82, 2.24) is 4.31 Å². The summed E-state index contributed by atoms with van der Waals surface area (Å²) in [5.74, 6) is 0.0563. The fourth-order valence-corrected chi connectivity index (χ4v) is 3.21. The molecule has 2 aromatic rings. The molecule has 2 aromatic carbocycles. The number of amides is 1. The molecule has 1 N–H and O–H groups in total. The van der Waals surface area contributed by atoms with Gasteiger partial charge in [0, 0.05) is 11.6 Å². The van der Waals surface area contributed by atoms with Crippen molar-refractivity contribution >= 4 is 33.2 Å². The van der Waals surface area contributed by atoms with Crippen LogP contribution >= 0.6 is 11.6 Å². The van der Waals surface area contributed by atoms with E-state index in [4.69, 9.17) is 16.3 Å². The van der Waals surface area contributed by atoms with Crippen LogP contribution in [-0.4, -0.2) is 38.5 Å². The highest BCUT2D eigenvalue weighted by Gasteiger charge is 2.21. The predicted octanol–water partition coefficient (Wildman–Crippen LogP) is 3.06. The number of hydrogen-bond acceptors (Lipinski definition) is 4. The smallest absolute Gasteiger partial charge is 0.239 e. The number of carbonyl (C=O) groups is 1. The summed E-state index contributed by atoms with van der Waals surface area (Å²) in [5, 5.41) is 3.27. The van der Waals surface area contributed by atoms with Crippen LogP contribution in [0, 0.1) is 6.92 Å². The Morgan fingerprint density at radius 2 is 1.85 bits per heavy atom. The molecule has 0 fully saturated rings. The standard InChI is InChI=1S/C18H21ClN2O4S/c1-13-4-9-17(25-2)16(10-13)20-18(22)12-21(26(3,23)24)11-14-5-7-15(19)8-6-14/h4-10H,11-12H2,1-3H3,(H,20,22). The Labute approximate surface area is 158 Å². The van der Waals surface area contributed by atoms with Gasteiger partial charge in [-0.05, 0) is 42.3 Å². The summed E-state index contributed by atoms with van der Waals surface area (Å²) in [4.78, 5) is 12.4. The Bertz CT molecular complexity index is 883. The lowest BCUT2D eigenvalue weighted by Gasteiger charge is -2.20. The van der Waals surface area contributed by atoms with E-state index in [9.17, 15) is 13.2 Å². The molecule has 26 heavy (non-hydrogen) atoms. The van der Waals surface area contributed by atoms with E-state index in [1.807, 2.05) is 13.0 Å². The number of halogens is 1. The summed E-state index contributed by atoms with van der Waals surface area (Å²) >= 11 is 5.85. The summed E-state index contributed by atoms with van der Waals surface area (Å²) in [6.45, 7) is 1.66. The van der Waals surface area contributed by atoms with E-state index < -0.39 is 15.9 Å². The molecule has 0 heterocycles. The summed E-state index contributed by atoms with van der Waals surface area (Å²) in [6, 6.07) is 12.2. The van der Waals surface area contributed by atoms with Crippen LogP contribution in [0.2, 0.25) is 5.02 Å². The summed E-state index contributed by atoms with van der Waals surface area (Å²) < 4.78 is 30.5. The Hall–Kier alpha value is -2.09. The van der Waals surface area contributed by atoms with E-state index in [2.05, 4.69) is 5.32 Å². The number of nitrogens with one attached hydrogen (secondary N) is 1. The number of anilines is 1. The van der Waals surface area contributed by atoms with Gasteiger partial charge >= 0.3 is 0 Å². The average Bonchev–Trinajstić information content (AvgIpc) is 2.55. The van der Waals surface area contributed by atoms with Crippen LogP contribution in [0.4, 0.5) is 5.69 Å². The van der Waals surface area contributed by atoms with Crippen LogP contribution in [0.3, 0.4) is 0 Å². The van der Waals surface area contributed by atoms with Crippen molar-refractivity contribution in [3.05, 3.63) is 58.6 Å². The van der Waals surface area contributed by atoms with E-state index in [0.29, 0.717) is 16.5 Å². The first-order valence-electron chi connectivity index (χ1n) is 7.83. The zero-order valence-corrected chi connectivity index (χ0v) is 16.4. The van der Waals surface area contributed by atoms with Crippen molar-refractivity contribution in [2.24, 2.45) is 0 Å². The zero-order chi connectivity index (χ0) is 19.3. The number of ether oxygens (including phenoxy) is 1. The molecule has 0 saturated carbocycles. The van der Waals surface area contributed by atoms with Crippen LogP contribution in [-0.2, 0) is 21.4 Å². The molecule has 2 rings (SSSR count). The highest BCUT2D eigenvalue weighted by Crippen LogP contribution is 2.25. The first-order chi connectivity index (χ1) is 12.2. The number of rotatable bonds is 7. The molecule has 0 bridgehead atoms. The van der Waals surface area contributed by atoms with Crippen LogP contribution in [0.5, 0.6) is 5.75 Å². The highest BCUT2D eigenvalue weighted by molar-refractivity contribution is 7.88. The third-order valence-corrected chi connectivity index (χ3v) is 5.14. The summed E-state index contributed by atoms with van der Waals surface area (Å²) in [5.41, 5.74) is 2.18. The molecule has 0 radical (unpaired) electrons. The van der Waals surface area contributed by atoms with E-state index in [1.54, 1.807) is 36.4 Å². The molecule has 0 aliphatic carbocycles. The monoisotopic (exact) mass is 396 g/mol. The van der Waals surface area contributed by atoms with E-state index in [1.165, 1.54) is 7.11 Å². The topological polar surface area (TPSA) is 75.7 Å². The van der Waals surface area contributed by atoms with Crippen molar-refractivity contribution in [2.75, 3.05) is 25.2 Å². The fourth-order valence-electron chi connectivity index (χ4n) is 2.35. The largest absolute Gasteiger partial charge is 0.495 e. The van der Waals surface area contributed by atoms with Gasteiger partial charge in [-0.3, -0.25) is 4.79 Å². The van der Waals surface area contributed by atoms with Crippen LogP contribution in [0.25, 0.3) is 0 Å². The molecule has 1 amide bonds. The van der Waals surface area contributed by atoms with Gasteiger partial charge in [-0.25, -0.2) is 8.42 Å². The average molecular weight is 397 g/mol. The van der Waals surface area contributed by atoms with Crippen molar-refractivity contribution in [2.45, 2.75) is 13.5 Å². The maximum absolute atomic E-state index is 12.4. The van der Waals surface area contributed by atoms with Gasteiger partial charge in [0.1, 0.15) is 5.75 Å². The maximum Gasteiger partial charge on any atom is 0.239 e. The van der Waals surface area contributed by atoms with Crippen molar-refractivity contribution in [3.8, 4) is 5.75 Å². The van der Waals surface area contributed by atoms with E-state index >= 15 is 0 Å². The fraction of sp³-hybridized carbons (Fsp3) is 0.278.